The Hall–Kier alpha value is -2.14. The molecule has 0 saturated carbocycles. The molecular weight excluding hydrogens is 304 g/mol. The number of rotatable bonds is 6. The molecule has 1 unspecified atom stereocenters. The van der Waals surface area contributed by atoms with Gasteiger partial charge in [-0.25, -0.2) is 0 Å². The maximum atomic E-state index is 12.5. The van der Waals surface area contributed by atoms with Crippen molar-refractivity contribution >= 4 is 16.8 Å². The number of hydrogen-bond donors (Lipinski definition) is 2. The number of benzene rings is 1. The Morgan fingerprint density at radius 2 is 2.08 bits per heavy atom. The molecule has 1 amide bonds. The number of fused-ring (bicyclic) bond motifs is 1. The molecule has 0 bridgehead atoms. The molecule has 1 heterocycles. The zero-order chi connectivity index (χ0) is 17.9. The first-order valence-corrected chi connectivity index (χ1v) is 8.13. The topological polar surface area (TPSA) is 71.5 Å². The van der Waals surface area contributed by atoms with Crippen molar-refractivity contribution in [3.8, 4) is 5.75 Å². The van der Waals surface area contributed by atoms with Crippen LogP contribution in [-0.2, 0) is 0 Å². The fourth-order valence-corrected chi connectivity index (χ4v) is 2.89. The van der Waals surface area contributed by atoms with Gasteiger partial charge in [-0.2, -0.15) is 0 Å². The van der Waals surface area contributed by atoms with Crippen LogP contribution in [0, 0.1) is 12.3 Å². The molecule has 1 aromatic carbocycles. The van der Waals surface area contributed by atoms with E-state index in [-0.39, 0.29) is 11.3 Å². The van der Waals surface area contributed by atoms with Crippen molar-refractivity contribution in [3.05, 3.63) is 35.5 Å². The molecule has 2 rings (SSSR count). The summed E-state index contributed by atoms with van der Waals surface area (Å²) in [6.45, 7) is 8.14. The number of aliphatic hydroxyl groups excluding tert-OH is 1. The molecule has 0 radical (unpaired) electrons. The second-order valence-corrected chi connectivity index (χ2v) is 7.08. The molecule has 1 atom stereocenters. The Bertz CT molecular complexity index is 739. The van der Waals surface area contributed by atoms with Crippen LogP contribution in [0.5, 0.6) is 5.75 Å². The molecule has 1 aromatic heterocycles. The van der Waals surface area contributed by atoms with Crippen LogP contribution in [0.3, 0.4) is 0 Å². The van der Waals surface area contributed by atoms with Crippen LogP contribution in [0.25, 0.3) is 10.9 Å². The Morgan fingerprint density at radius 1 is 1.38 bits per heavy atom. The van der Waals surface area contributed by atoms with Crippen LogP contribution >= 0.6 is 0 Å². The van der Waals surface area contributed by atoms with Gasteiger partial charge in [-0.3, -0.25) is 9.78 Å². The maximum Gasteiger partial charge on any atom is 0.253 e. The SMILES string of the molecule is COc1ccc2cc(C(=O)NCC(C)(C)CC(C)O)c(C)nc2c1. The molecule has 0 fully saturated rings. The van der Waals surface area contributed by atoms with Crippen LogP contribution in [0.15, 0.2) is 24.3 Å². The van der Waals surface area contributed by atoms with Crippen molar-refractivity contribution in [3.63, 3.8) is 0 Å². The summed E-state index contributed by atoms with van der Waals surface area (Å²) in [6, 6.07) is 7.46. The molecule has 0 saturated heterocycles. The second-order valence-electron chi connectivity index (χ2n) is 7.08. The molecule has 0 aliphatic heterocycles. The molecule has 5 nitrogen and oxygen atoms in total. The van der Waals surface area contributed by atoms with Crippen molar-refractivity contribution < 1.29 is 14.6 Å². The number of nitrogens with zero attached hydrogens (tertiary/aromatic N) is 1. The van der Waals surface area contributed by atoms with Crippen LogP contribution < -0.4 is 10.1 Å². The number of ether oxygens (including phenoxy) is 1. The first-order valence-electron chi connectivity index (χ1n) is 8.13. The third-order valence-electron chi connectivity index (χ3n) is 4.04. The van der Waals surface area contributed by atoms with Crippen molar-refractivity contribution in [1.29, 1.82) is 0 Å². The highest BCUT2D eigenvalue weighted by Gasteiger charge is 2.22. The molecule has 24 heavy (non-hydrogen) atoms. The normalized spacial score (nSPS) is 12.9. The summed E-state index contributed by atoms with van der Waals surface area (Å²) in [6.07, 6.45) is 0.234. The number of methoxy groups -OCH3 is 1. The molecule has 0 aliphatic carbocycles. The summed E-state index contributed by atoms with van der Waals surface area (Å²) in [7, 11) is 1.62. The summed E-state index contributed by atoms with van der Waals surface area (Å²) in [4.78, 5) is 17.0. The minimum atomic E-state index is -0.393. The average Bonchev–Trinajstić information content (AvgIpc) is 2.50. The average molecular weight is 330 g/mol. The lowest BCUT2D eigenvalue weighted by molar-refractivity contribution is 0.0901. The number of aromatic nitrogens is 1. The van der Waals surface area contributed by atoms with Gasteiger partial charge in [0.1, 0.15) is 5.75 Å². The van der Waals surface area contributed by atoms with Crippen LogP contribution in [-0.4, -0.2) is 35.8 Å². The minimum absolute atomic E-state index is 0.142. The Kier molecular flexibility index (Phi) is 5.44. The first kappa shape index (κ1) is 18.2. The van der Waals surface area contributed by atoms with Crippen molar-refractivity contribution in [2.45, 2.75) is 40.2 Å². The van der Waals surface area contributed by atoms with Gasteiger partial charge >= 0.3 is 0 Å². The van der Waals surface area contributed by atoms with E-state index in [4.69, 9.17) is 4.74 Å². The van der Waals surface area contributed by atoms with E-state index in [9.17, 15) is 9.90 Å². The van der Waals surface area contributed by atoms with Crippen molar-refractivity contribution in [2.24, 2.45) is 5.41 Å². The third kappa shape index (κ3) is 4.45. The van der Waals surface area contributed by atoms with Gasteiger partial charge < -0.3 is 15.2 Å². The van der Waals surface area contributed by atoms with Gasteiger partial charge in [0, 0.05) is 18.0 Å². The Labute approximate surface area is 143 Å². The second kappa shape index (κ2) is 7.18. The van der Waals surface area contributed by atoms with E-state index in [1.165, 1.54) is 0 Å². The van der Waals surface area contributed by atoms with E-state index in [0.29, 0.717) is 24.2 Å². The number of hydrogen-bond acceptors (Lipinski definition) is 4. The van der Waals surface area contributed by atoms with Crippen LogP contribution in [0.1, 0.15) is 43.2 Å². The van der Waals surface area contributed by atoms with Gasteiger partial charge in [0.25, 0.3) is 5.91 Å². The van der Waals surface area contributed by atoms with Crippen molar-refractivity contribution in [1.82, 2.24) is 10.3 Å². The number of amides is 1. The monoisotopic (exact) mass is 330 g/mol. The summed E-state index contributed by atoms with van der Waals surface area (Å²) >= 11 is 0. The number of carbonyl (C=O) groups is 1. The summed E-state index contributed by atoms with van der Waals surface area (Å²) in [5.41, 5.74) is 1.88. The van der Waals surface area contributed by atoms with Gasteiger partial charge in [-0.15, -0.1) is 0 Å². The highest BCUT2D eigenvalue weighted by Crippen LogP contribution is 2.23. The van der Waals surface area contributed by atoms with E-state index < -0.39 is 6.10 Å². The Balaban J connectivity index is 2.19. The smallest absolute Gasteiger partial charge is 0.253 e. The van der Waals surface area contributed by atoms with Gasteiger partial charge in [-0.1, -0.05) is 13.8 Å². The lowest BCUT2D eigenvalue weighted by Crippen LogP contribution is -2.36. The highest BCUT2D eigenvalue weighted by molar-refractivity contribution is 5.98. The molecule has 0 aliphatic rings. The standard InChI is InChI=1S/C19H26N2O3/c1-12(22)10-19(3,4)11-20-18(23)16-8-14-6-7-15(24-5)9-17(14)21-13(16)2/h6-9,12,22H,10-11H2,1-5H3,(H,20,23). The largest absolute Gasteiger partial charge is 0.497 e. The number of pyridine rings is 1. The fraction of sp³-hybridized carbons (Fsp3) is 0.474. The quantitative estimate of drug-likeness (QED) is 0.854. The lowest BCUT2D eigenvalue weighted by atomic mass is 9.87. The van der Waals surface area contributed by atoms with E-state index in [2.05, 4.69) is 10.3 Å². The Morgan fingerprint density at radius 3 is 2.71 bits per heavy atom. The van der Waals surface area contributed by atoms with Gasteiger partial charge in [0.05, 0.1) is 30.0 Å². The molecular formula is C19H26N2O3. The number of carbonyl (C=O) groups excluding carboxylic acids is 1. The third-order valence-corrected chi connectivity index (χ3v) is 4.04. The first-order chi connectivity index (χ1) is 11.2. The van der Waals surface area contributed by atoms with Crippen LogP contribution in [0.4, 0.5) is 0 Å². The van der Waals surface area contributed by atoms with E-state index in [1.54, 1.807) is 14.0 Å². The maximum absolute atomic E-state index is 12.5. The van der Waals surface area contributed by atoms with Gasteiger partial charge in [-0.05, 0) is 43.9 Å². The zero-order valence-corrected chi connectivity index (χ0v) is 15.0. The minimum Gasteiger partial charge on any atom is -0.497 e. The number of nitrogens with one attached hydrogen (secondary N) is 1. The summed E-state index contributed by atoms with van der Waals surface area (Å²) in [5.74, 6) is 0.600. The molecule has 0 spiro atoms. The van der Waals surface area contributed by atoms with E-state index >= 15 is 0 Å². The summed E-state index contributed by atoms with van der Waals surface area (Å²) < 4.78 is 5.21. The predicted octanol–water partition coefficient (Wildman–Crippen LogP) is 3.08. The number of aliphatic hydroxyl groups is 1. The van der Waals surface area contributed by atoms with E-state index in [0.717, 1.165) is 16.7 Å². The molecule has 130 valence electrons. The molecule has 2 aromatic rings. The lowest BCUT2D eigenvalue weighted by Gasteiger charge is -2.26. The molecule has 2 N–H and O–H groups in total. The predicted molar refractivity (Wildman–Crippen MR) is 95.4 cm³/mol. The fourth-order valence-electron chi connectivity index (χ4n) is 2.89. The molecule has 5 heteroatoms. The zero-order valence-electron chi connectivity index (χ0n) is 15.0. The van der Waals surface area contributed by atoms with E-state index in [1.807, 2.05) is 45.0 Å². The van der Waals surface area contributed by atoms with Gasteiger partial charge in [0.2, 0.25) is 0 Å². The highest BCUT2D eigenvalue weighted by atomic mass is 16.5. The van der Waals surface area contributed by atoms with Crippen LogP contribution in [0.2, 0.25) is 0 Å². The summed E-state index contributed by atoms with van der Waals surface area (Å²) in [5, 5.41) is 13.4. The van der Waals surface area contributed by atoms with Crippen molar-refractivity contribution in [2.75, 3.05) is 13.7 Å². The van der Waals surface area contributed by atoms with Gasteiger partial charge in [0.15, 0.2) is 0 Å². The number of aryl methyl sites for hydroxylation is 1.